The number of rotatable bonds is 6. The van der Waals surface area contributed by atoms with Crippen LogP contribution in [0.2, 0.25) is 0 Å². The number of sulfonamides is 1. The van der Waals surface area contributed by atoms with E-state index in [0.717, 1.165) is 15.7 Å². The second kappa shape index (κ2) is 8.72. The van der Waals surface area contributed by atoms with Crippen LogP contribution in [0, 0.1) is 6.92 Å². The van der Waals surface area contributed by atoms with Gasteiger partial charge in [0, 0.05) is 11.0 Å². The molecule has 6 nitrogen and oxygen atoms in total. The van der Waals surface area contributed by atoms with Gasteiger partial charge in [0.2, 0.25) is 0 Å². The van der Waals surface area contributed by atoms with E-state index in [1.807, 2.05) is 42.5 Å². The first-order valence-electron chi connectivity index (χ1n) is 9.75. The number of ether oxygens (including phenoxy) is 1. The minimum Gasteiger partial charge on any atom is -0.483 e. The normalized spacial score (nSPS) is 13.0. The molecule has 0 atom stereocenters. The molecule has 0 aliphatic carbocycles. The van der Waals surface area contributed by atoms with E-state index >= 15 is 0 Å². The van der Waals surface area contributed by atoms with Gasteiger partial charge in [0.05, 0.1) is 16.3 Å². The number of halogens is 1. The third kappa shape index (κ3) is 4.45. The van der Waals surface area contributed by atoms with Crippen LogP contribution in [0.1, 0.15) is 11.1 Å². The number of fused-ring (bicyclic) bond motifs is 1. The van der Waals surface area contributed by atoms with Gasteiger partial charge in [-0.2, -0.15) is 0 Å². The maximum Gasteiger partial charge on any atom is 0.264 e. The quantitative estimate of drug-likeness (QED) is 0.539. The molecule has 8 heteroatoms. The number of nitrogens with zero attached hydrogens (tertiary/aromatic N) is 1. The van der Waals surface area contributed by atoms with Crippen LogP contribution >= 0.6 is 15.9 Å². The number of nitrogens with one attached hydrogen (secondary N) is 1. The van der Waals surface area contributed by atoms with E-state index in [2.05, 4.69) is 21.2 Å². The average molecular weight is 501 g/mol. The van der Waals surface area contributed by atoms with Gasteiger partial charge in [-0.3, -0.25) is 9.10 Å². The second-order valence-corrected chi connectivity index (χ2v) is 9.92. The van der Waals surface area contributed by atoms with Crippen LogP contribution in [0.25, 0.3) is 0 Å². The lowest BCUT2D eigenvalue weighted by Crippen LogP contribution is -2.29. The number of anilines is 2. The van der Waals surface area contributed by atoms with Crippen LogP contribution < -0.4 is 14.4 Å². The monoisotopic (exact) mass is 500 g/mol. The zero-order valence-electron chi connectivity index (χ0n) is 16.8. The number of hydrogen-bond donors (Lipinski definition) is 1. The molecule has 0 unspecified atom stereocenters. The number of aryl methyl sites for hydroxylation is 1. The highest BCUT2D eigenvalue weighted by atomic mass is 79.9. The van der Waals surface area contributed by atoms with Crippen molar-refractivity contribution in [3.63, 3.8) is 0 Å². The van der Waals surface area contributed by atoms with E-state index < -0.39 is 10.0 Å². The van der Waals surface area contributed by atoms with Gasteiger partial charge in [0.1, 0.15) is 5.75 Å². The standard InChI is InChI=1S/C23H21BrN2O4S/c1-16-14-18(31(28,29)26-13-12-17-6-2-5-9-21(17)26)10-11-22(16)30-15-23(27)25-20-8-4-3-7-19(20)24/h2-11,14H,12-13,15H2,1H3,(H,25,27). The Morgan fingerprint density at radius 2 is 1.84 bits per heavy atom. The Morgan fingerprint density at radius 1 is 1.10 bits per heavy atom. The van der Waals surface area contributed by atoms with Gasteiger partial charge in [0.15, 0.2) is 6.61 Å². The highest BCUT2D eigenvalue weighted by molar-refractivity contribution is 9.10. The molecule has 1 aliphatic heterocycles. The lowest BCUT2D eigenvalue weighted by atomic mass is 10.2. The molecule has 0 bridgehead atoms. The number of hydrogen-bond acceptors (Lipinski definition) is 4. The molecule has 160 valence electrons. The summed E-state index contributed by atoms with van der Waals surface area (Å²) in [6, 6.07) is 19.5. The molecular weight excluding hydrogens is 480 g/mol. The van der Waals surface area contributed by atoms with Gasteiger partial charge in [-0.05, 0) is 76.8 Å². The molecule has 0 radical (unpaired) electrons. The molecular formula is C23H21BrN2O4S. The summed E-state index contributed by atoms with van der Waals surface area (Å²) in [5.74, 6) is 0.153. The SMILES string of the molecule is Cc1cc(S(=O)(=O)N2CCc3ccccc32)ccc1OCC(=O)Nc1ccccc1Br. The van der Waals surface area contributed by atoms with Crippen molar-refractivity contribution in [2.24, 2.45) is 0 Å². The summed E-state index contributed by atoms with van der Waals surface area (Å²) in [6.45, 7) is 2.00. The van der Waals surface area contributed by atoms with Crippen molar-refractivity contribution in [2.45, 2.75) is 18.2 Å². The molecule has 1 aliphatic rings. The van der Waals surface area contributed by atoms with Crippen molar-refractivity contribution in [3.8, 4) is 5.75 Å². The van der Waals surface area contributed by atoms with Crippen LogP contribution in [0.5, 0.6) is 5.75 Å². The number of carbonyl (C=O) groups excluding carboxylic acids is 1. The Hall–Kier alpha value is -2.84. The second-order valence-electron chi connectivity index (χ2n) is 7.20. The summed E-state index contributed by atoms with van der Waals surface area (Å²) < 4.78 is 34.2. The molecule has 1 amide bonds. The van der Waals surface area contributed by atoms with Crippen LogP contribution in [-0.4, -0.2) is 27.5 Å². The minimum absolute atomic E-state index is 0.187. The summed E-state index contributed by atoms with van der Waals surface area (Å²) >= 11 is 3.38. The molecule has 0 aromatic heterocycles. The lowest BCUT2D eigenvalue weighted by Gasteiger charge is -2.20. The summed E-state index contributed by atoms with van der Waals surface area (Å²) in [5.41, 5.74) is 3.05. The third-order valence-electron chi connectivity index (χ3n) is 5.09. The zero-order chi connectivity index (χ0) is 22.0. The van der Waals surface area contributed by atoms with E-state index in [4.69, 9.17) is 4.74 Å². The molecule has 31 heavy (non-hydrogen) atoms. The van der Waals surface area contributed by atoms with Gasteiger partial charge in [0.25, 0.3) is 15.9 Å². The van der Waals surface area contributed by atoms with Crippen molar-refractivity contribution < 1.29 is 17.9 Å². The van der Waals surface area contributed by atoms with Crippen molar-refractivity contribution in [1.29, 1.82) is 0 Å². The molecule has 0 spiro atoms. The van der Waals surface area contributed by atoms with E-state index in [1.165, 1.54) is 10.4 Å². The summed E-state index contributed by atoms with van der Waals surface area (Å²) in [5, 5.41) is 2.77. The molecule has 3 aromatic carbocycles. The smallest absolute Gasteiger partial charge is 0.264 e. The van der Waals surface area contributed by atoms with Crippen LogP contribution in [-0.2, 0) is 21.2 Å². The largest absolute Gasteiger partial charge is 0.483 e. The maximum absolute atomic E-state index is 13.2. The van der Waals surface area contributed by atoms with Crippen molar-refractivity contribution >= 4 is 43.2 Å². The fraction of sp³-hybridized carbons (Fsp3) is 0.174. The van der Waals surface area contributed by atoms with E-state index in [-0.39, 0.29) is 17.4 Å². The predicted molar refractivity (Wildman–Crippen MR) is 124 cm³/mol. The molecule has 0 saturated heterocycles. The highest BCUT2D eigenvalue weighted by Gasteiger charge is 2.30. The first kappa shape index (κ1) is 21.4. The fourth-order valence-corrected chi connectivity index (χ4v) is 5.49. The Kier molecular flexibility index (Phi) is 6.02. The minimum atomic E-state index is -3.67. The van der Waals surface area contributed by atoms with Gasteiger partial charge in [-0.1, -0.05) is 30.3 Å². The third-order valence-corrected chi connectivity index (χ3v) is 7.59. The van der Waals surface area contributed by atoms with Gasteiger partial charge in [-0.25, -0.2) is 8.42 Å². The van der Waals surface area contributed by atoms with Gasteiger partial charge in [-0.15, -0.1) is 0 Å². The average Bonchev–Trinajstić information content (AvgIpc) is 3.19. The van der Waals surface area contributed by atoms with Crippen molar-refractivity contribution in [2.75, 3.05) is 22.8 Å². The van der Waals surface area contributed by atoms with Crippen LogP contribution in [0.4, 0.5) is 11.4 Å². The molecule has 4 rings (SSSR count). The Bertz CT molecular complexity index is 1240. The van der Waals surface area contributed by atoms with E-state index in [9.17, 15) is 13.2 Å². The van der Waals surface area contributed by atoms with Crippen molar-refractivity contribution in [1.82, 2.24) is 0 Å². The topological polar surface area (TPSA) is 75.7 Å². The van der Waals surface area contributed by atoms with Gasteiger partial charge >= 0.3 is 0 Å². The number of carbonyl (C=O) groups is 1. The first-order valence-corrected chi connectivity index (χ1v) is 12.0. The van der Waals surface area contributed by atoms with Crippen molar-refractivity contribution in [3.05, 3.63) is 82.3 Å². The molecule has 1 heterocycles. The van der Waals surface area contributed by atoms with E-state index in [1.54, 1.807) is 25.1 Å². The molecule has 0 fully saturated rings. The lowest BCUT2D eigenvalue weighted by molar-refractivity contribution is -0.118. The maximum atomic E-state index is 13.2. The number of amides is 1. The summed E-state index contributed by atoms with van der Waals surface area (Å²) in [6.07, 6.45) is 0.697. The van der Waals surface area contributed by atoms with Gasteiger partial charge < -0.3 is 10.1 Å². The summed E-state index contributed by atoms with van der Waals surface area (Å²) in [7, 11) is -3.67. The van der Waals surface area contributed by atoms with E-state index in [0.29, 0.717) is 30.0 Å². The fourth-order valence-electron chi connectivity index (χ4n) is 3.52. The number of benzene rings is 3. The zero-order valence-corrected chi connectivity index (χ0v) is 19.2. The van der Waals surface area contributed by atoms with Crippen LogP contribution in [0.15, 0.2) is 76.1 Å². The molecule has 3 aromatic rings. The first-order chi connectivity index (χ1) is 14.9. The Labute approximate surface area is 190 Å². The van der Waals surface area contributed by atoms with Crippen LogP contribution in [0.3, 0.4) is 0 Å². The molecule has 1 N–H and O–H groups in total. The highest BCUT2D eigenvalue weighted by Crippen LogP contribution is 2.33. The number of para-hydroxylation sites is 2. The summed E-state index contributed by atoms with van der Waals surface area (Å²) in [4.78, 5) is 12.4. The molecule has 0 saturated carbocycles. The predicted octanol–water partition coefficient (Wildman–Crippen LogP) is 4.53. The Balaban J connectivity index is 1.46. The Morgan fingerprint density at radius 3 is 2.61 bits per heavy atom.